The summed E-state index contributed by atoms with van der Waals surface area (Å²) in [6.45, 7) is 4.80. The maximum atomic E-state index is 11.5. The van der Waals surface area contributed by atoms with Gasteiger partial charge in [-0.15, -0.1) is 11.6 Å². The summed E-state index contributed by atoms with van der Waals surface area (Å²) in [6, 6.07) is 0. The van der Waals surface area contributed by atoms with Crippen molar-refractivity contribution < 1.29 is 4.79 Å². The minimum absolute atomic E-state index is 0.171. The number of alkyl halides is 1. The molecule has 1 amide bonds. The SMILES string of the molecule is CCCC(CCC)C(=O)NCCCl. The van der Waals surface area contributed by atoms with Gasteiger partial charge in [-0.3, -0.25) is 4.79 Å². The maximum absolute atomic E-state index is 11.5. The molecule has 0 fully saturated rings. The van der Waals surface area contributed by atoms with Crippen LogP contribution in [0.25, 0.3) is 0 Å². The molecule has 0 aliphatic rings. The molecule has 0 aromatic rings. The number of carbonyl (C=O) groups excluding carboxylic acids is 1. The molecule has 0 heterocycles. The van der Waals surface area contributed by atoms with Crippen LogP contribution in [0.4, 0.5) is 0 Å². The van der Waals surface area contributed by atoms with Crippen LogP contribution in [-0.2, 0) is 4.79 Å². The fraction of sp³-hybridized carbons (Fsp3) is 0.900. The highest BCUT2D eigenvalue weighted by Gasteiger charge is 2.15. The van der Waals surface area contributed by atoms with E-state index < -0.39 is 0 Å². The van der Waals surface area contributed by atoms with E-state index in [-0.39, 0.29) is 11.8 Å². The molecule has 13 heavy (non-hydrogen) atoms. The van der Waals surface area contributed by atoms with E-state index in [1.165, 1.54) is 0 Å². The maximum Gasteiger partial charge on any atom is 0.223 e. The minimum atomic E-state index is 0.171. The molecule has 2 nitrogen and oxygen atoms in total. The van der Waals surface area contributed by atoms with Crippen molar-refractivity contribution in [2.45, 2.75) is 39.5 Å². The number of hydrogen-bond donors (Lipinski definition) is 1. The molecule has 0 spiro atoms. The van der Waals surface area contributed by atoms with Gasteiger partial charge in [-0.2, -0.15) is 0 Å². The zero-order valence-corrected chi connectivity index (χ0v) is 9.36. The highest BCUT2D eigenvalue weighted by Crippen LogP contribution is 2.13. The molecule has 1 N–H and O–H groups in total. The molecule has 0 aromatic heterocycles. The summed E-state index contributed by atoms with van der Waals surface area (Å²) in [7, 11) is 0. The second-order valence-electron chi connectivity index (χ2n) is 3.25. The van der Waals surface area contributed by atoms with Crippen molar-refractivity contribution in [1.82, 2.24) is 5.32 Å². The summed E-state index contributed by atoms with van der Waals surface area (Å²) in [5.41, 5.74) is 0. The first-order chi connectivity index (χ1) is 6.26. The lowest BCUT2D eigenvalue weighted by atomic mass is 9.97. The minimum Gasteiger partial charge on any atom is -0.355 e. The summed E-state index contributed by atoms with van der Waals surface area (Å²) >= 11 is 5.49. The standard InChI is InChI=1S/C10H20ClNO/c1-3-5-9(6-4-2)10(13)12-8-7-11/h9H,3-8H2,1-2H3,(H,12,13). The van der Waals surface area contributed by atoms with Crippen molar-refractivity contribution in [3.05, 3.63) is 0 Å². The summed E-state index contributed by atoms with van der Waals surface area (Å²) in [5, 5.41) is 2.83. The van der Waals surface area contributed by atoms with Crippen LogP contribution in [-0.4, -0.2) is 18.3 Å². The average molecular weight is 206 g/mol. The van der Waals surface area contributed by atoms with Gasteiger partial charge in [-0.05, 0) is 12.8 Å². The zero-order valence-electron chi connectivity index (χ0n) is 8.61. The van der Waals surface area contributed by atoms with E-state index in [1.807, 2.05) is 0 Å². The van der Waals surface area contributed by atoms with E-state index >= 15 is 0 Å². The van der Waals surface area contributed by atoms with Gasteiger partial charge in [-0.1, -0.05) is 26.7 Å². The third-order valence-corrected chi connectivity index (χ3v) is 2.23. The fourth-order valence-electron chi connectivity index (χ4n) is 1.42. The van der Waals surface area contributed by atoms with Crippen LogP contribution in [0.1, 0.15) is 39.5 Å². The van der Waals surface area contributed by atoms with Gasteiger partial charge in [0.15, 0.2) is 0 Å². The Bertz CT molecular complexity index is 133. The van der Waals surface area contributed by atoms with Gasteiger partial charge < -0.3 is 5.32 Å². The molecule has 0 unspecified atom stereocenters. The smallest absolute Gasteiger partial charge is 0.223 e. The van der Waals surface area contributed by atoms with Crippen LogP contribution in [0, 0.1) is 5.92 Å². The van der Waals surface area contributed by atoms with Gasteiger partial charge in [0, 0.05) is 18.3 Å². The Morgan fingerprint density at radius 2 is 1.85 bits per heavy atom. The number of rotatable bonds is 7. The van der Waals surface area contributed by atoms with Crippen molar-refractivity contribution in [3.63, 3.8) is 0 Å². The monoisotopic (exact) mass is 205 g/mol. The normalized spacial score (nSPS) is 10.5. The molecule has 0 saturated carbocycles. The first kappa shape index (κ1) is 12.8. The number of halogens is 1. The van der Waals surface area contributed by atoms with Crippen LogP contribution < -0.4 is 5.32 Å². The van der Waals surface area contributed by atoms with Gasteiger partial charge in [0.05, 0.1) is 0 Å². The predicted octanol–water partition coefficient (Wildman–Crippen LogP) is 2.56. The quantitative estimate of drug-likeness (QED) is 0.636. The zero-order chi connectivity index (χ0) is 10.1. The van der Waals surface area contributed by atoms with E-state index in [0.29, 0.717) is 12.4 Å². The first-order valence-corrected chi connectivity index (χ1v) is 5.63. The van der Waals surface area contributed by atoms with Crippen molar-refractivity contribution in [3.8, 4) is 0 Å². The first-order valence-electron chi connectivity index (χ1n) is 5.09. The number of carbonyl (C=O) groups is 1. The van der Waals surface area contributed by atoms with E-state index in [4.69, 9.17) is 11.6 Å². The number of nitrogens with one attached hydrogen (secondary N) is 1. The van der Waals surface area contributed by atoms with Crippen LogP contribution >= 0.6 is 11.6 Å². The predicted molar refractivity (Wildman–Crippen MR) is 57.0 cm³/mol. The Balaban J connectivity index is 3.80. The molecule has 0 bridgehead atoms. The third-order valence-electron chi connectivity index (χ3n) is 2.04. The van der Waals surface area contributed by atoms with Crippen molar-refractivity contribution in [2.75, 3.05) is 12.4 Å². The summed E-state index contributed by atoms with van der Waals surface area (Å²) in [6.07, 6.45) is 4.11. The highest BCUT2D eigenvalue weighted by atomic mass is 35.5. The molecule has 3 heteroatoms. The van der Waals surface area contributed by atoms with E-state index in [9.17, 15) is 4.79 Å². The Labute approximate surface area is 86.0 Å². The van der Waals surface area contributed by atoms with Crippen molar-refractivity contribution in [1.29, 1.82) is 0 Å². The molecule has 78 valence electrons. The van der Waals surface area contributed by atoms with E-state index in [1.54, 1.807) is 0 Å². The Morgan fingerprint density at radius 1 is 1.31 bits per heavy atom. The summed E-state index contributed by atoms with van der Waals surface area (Å²) in [4.78, 5) is 11.5. The molecule has 0 saturated heterocycles. The molecular weight excluding hydrogens is 186 g/mol. The number of amides is 1. The molecule has 0 aromatic carbocycles. The van der Waals surface area contributed by atoms with E-state index in [2.05, 4.69) is 19.2 Å². The lowest BCUT2D eigenvalue weighted by molar-refractivity contribution is -0.125. The lowest BCUT2D eigenvalue weighted by Gasteiger charge is -2.14. The molecule has 0 radical (unpaired) electrons. The molecular formula is C10H20ClNO. The van der Waals surface area contributed by atoms with Gasteiger partial charge in [0.25, 0.3) is 0 Å². The largest absolute Gasteiger partial charge is 0.355 e. The van der Waals surface area contributed by atoms with Gasteiger partial charge in [-0.25, -0.2) is 0 Å². The second kappa shape index (κ2) is 8.36. The van der Waals surface area contributed by atoms with Crippen molar-refractivity contribution >= 4 is 17.5 Å². The third kappa shape index (κ3) is 5.92. The highest BCUT2D eigenvalue weighted by molar-refractivity contribution is 6.18. The molecule has 0 atom stereocenters. The van der Waals surface area contributed by atoms with Gasteiger partial charge >= 0.3 is 0 Å². The molecule has 0 aliphatic heterocycles. The topological polar surface area (TPSA) is 29.1 Å². The van der Waals surface area contributed by atoms with Crippen LogP contribution in [0.15, 0.2) is 0 Å². The second-order valence-corrected chi connectivity index (χ2v) is 3.63. The van der Waals surface area contributed by atoms with Gasteiger partial charge in [0.2, 0.25) is 5.91 Å². The number of hydrogen-bond acceptors (Lipinski definition) is 1. The van der Waals surface area contributed by atoms with Gasteiger partial charge in [0.1, 0.15) is 0 Å². The summed E-state index contributed by atoms with van der Waals surface area (Å²) < 4.78 is 0. The van der Waals surface area contributed by atoms with E-state index in [0.717, 1.165) is 25.7 Å². The van der Waals surface area contributed by atoms with Crippen LogP contribution in [0.2, 0.25) is 0 Å². The van der Waals surface area contributed by atoms with Crippen LogP contribution in [0.3, 0.4) is 0 Å². The lowest BCUT2D eigenvalue weighted by Crippen LogP contribution is -2.32. The molecule has 0 aliphatic carbocycles. The Kier molecular flexibility index (Phi) is 8.21. The fourth-order valence-corrected chi connectivity index (χ4v) is 1.51. The Morgan fingerprint density at radius 3 is 2.23 bits per heavy atom. The van der Waals surface area contributed by atoms with Crippen LogP contribution in [0.5, 0.6) is 0 Å². The average Bonchev–Trinajstić information content (AvgIpc) is 2.14. The van der Waals surface area contributed by atoms with Crippen molar-refractivity contribution in [2.24, 2.45) is 5.92 Å². The molecule has 0 rings (SSSR count). The Hall–Kier alpha value is -0.240. The summed E-state index contributed by atoms with van der Waals surface area (Å²) in [5.74, 6) is 0.860.